The molecule has 0 saturated carbocycles. The van der Waals surface area contributed by atoms with E-state index in [1.807, 2.05) is 0 Å². The molecule has 0 saturated heterocycles. The molecule has 0 aromatic carbocycles. The maximum atomic E-state index is 12.2. The minimum absolute atomic E-state index is 0.389. The zero-order valence-electron chi connectivity index (χ0n) is 14.1. The first-order valence-corrected chi connectivity index (χ1v) is 7.87. The highest BCUT2D eigenvalue weighted by Crippen LogP contribution is 2.29. The summed E-state index contributed by atoms with van der Waals surface area (Å²) in [5.41, 5.74) is 0. The summed E-state index contributed by atoms with van der Waals surface area (Å²) in [6.07, 6.45) is -2.25. The number of rotatable bonds is 7. The van der Waals surface area contributed by atoms with Crippen molar-refractivity contribution >= 4 is 11.9 Å². The van der Waals surface area contributed by atoms with Crippen molar-refractivity contribution in [3.63, 3.8) is 0 Å². The van der Waals surface area contributed by atoms with Crippen LogP contribution in [0.2, 0.25) is 0 Å². The van der Waals surface area contributed by atoms with Crippen LogP contribution in [-0.2, 0) is 14.3 Å². The number of aromatic nitrogens is 4. The Morgan fingerprint density at radius 1 is 1.38 bits per heavy atom. The zero-order chi connectivity index (χ0) is 19.4. The molecule has 26 heavy (non-hydrogen) atoms. The van der Waals surface area contributed by atoms with Crippen LogP contribution in [0.3, 0.4) is 0 Å². The molecule has 12 heteroatoms. The largest absolute Gasteiger partial charge is 0.478 e. The van der Waals surface area contributed by atoms with E-state index in [-0.39, 0.29) is 5.91 Å². The van der Waals surface area contributed by atoms with Crippen molar-refractivity contribution in [2.75, 3.05) is 6.61 Å². The van der Waals surface area contributed by atoms with Gasteiger partial charge in [-0.1, -0.05) is 13.8 Å². The lowest BCUT2D eigenvalue weighted by Gasteiger charge is -2.39. The number of nitrogens with one attached hydrogen (secondary N) is 1. The van der Waals surface area contributed by atoms with Crippen LogP contribution in [0.1, 0.15) is 19.9 Å². The average Bonchev–Trinajstić information content (AvgIpc) is 3.14. The van der Waals surface area contributed by atoms with Gasteiger partial charge in [0, 0.05) is 5.92 Å². The Kier molecular flexibility index (Phi) is 6.23. The molecule has 0 bridgehead atoms. The molecule has 1 aromatic rings. The van der Waals surface area contributed by atoms with Crippen LogP contribution in [0, 0.1) is 5.92 Å². The number of nitrogens with zero attached hydrogens (tertiary/aromatic N) is 4. The lowest BCUT2D eigenvalue weighted by atomic mass is 9.91. The van der Waals surface area contributed by atoms with Crippen LogP contribution < -0.4 is 5.32 Å². The van der Waals surface area contributed by atoms with Gasteiger partial charge >= 0.3 is 5.97 Å². The second-order valence-electron chi connectivity index (χ2n) is 6.13. The van der Waals surface area contributed by atoms with Crippen molar-refractivity contribution in [3.8, 4) is 0 Å². The van der Waals surface area contributed by atoms with E-state index in [0.29, 0.717) is 0 Å². The van der Waals surface area contributed by atoms with Crippen LogP contribution in [0.5, 0.6) is 0 Å². The van der Waals surface area contributed by atoms with E-state index < -0.39 is 54.6 Å². The highest BCUT2D eigenvalue weighted by molar-refractivity contribution is 5.85. The van der Waals surface area contributed by atoms with Gasteiger partial charge in [-0.05, 0) is 16.5 Å². The van der Waals surface area contributed by atoms with Crippen molar-refractivity contribution in [2.45, 2.75) is 44.2 Å². The second kappa shape index (κ2) is 8.21. The molecule has 1 aromatic heterocycles. The van der Waals surface area contributed by atoms with E-state index in [1.165, 1.54) is 17.1 Å². The standard InChI is InChI=1S/C14H21N5O7/c1-6(2)13(23)16-10-7(19-5-15-17-18-19)3-9(14(24)25)26-12(10)11(22)8(21)4-20/h3,5-8,10-12,20-22H,4H2,1-2H3,(H,16,23)(H,24,25)/t7-,8+,10+,11+,12+/m0/s1. The van der Waals surface area contributed by atoms with Gasteiger partial charge in [-0.15, -0.1) is 5.10 Å². The number of carbonyl (C=O) groups is 2. The van der Waals surface area contributed by atoms with Crippen LogP contribution >= 0.6 is 0 Å². The molecule has 0 aliphatic carbocycles. The van der Waals surface area contributed by atoms with Gasteiger partial charge in [0.15, 0.2) is 0 Å². The Labute approximate surface area is 148 Å². The highest BCUT2D eigenvalue weighted by atomic mass is 16.5. The molecule has 1 aliphatic heterocycles. The van der Waals surface area contributed by atoms with Gasteiger partial charge in [0.25, 0.3) is 0 Å². The monoisotopic (exact) mass is 371 g/mol. The van der Waals surface area contributed by atoms with Crippen molar-refractivity contribution in [3.05, 3.63) is 18.2 Å². The smallest absolute Gasteiger partial charge is 0.370 e. The Balaban J connectivity index is 2.47. The fourth-order valence-electron chi connectivity index (χ4n) is 2.49. The molecule has 2 heterocycles. The fourth-order valence-corrected chi connectivity index (χ4v) is 2.49. The summed E-state index contributed by atoms with van der Waals surface area (Å²) >= 11 is 0. The second-order valence-corrected chi connectivity index (χ2v) is 6.13. The average molecular weight is 371 g/mol. The quantitative estimate of drug-likeness (QED) is 0.342. The maximum absolute atomic E-state index is 12.2. The van der Waals surface area contributed by atoms with Crippen LogP contribution in [0.25, 0.3) is 0 Å². The molecule has 2 rings (SSSR count). The SMILES string of the molecule is CC(C)C(=O)N[C@H]1[C@H]([C@H](O)[C@H](O)CO)OC(C(=O)O)=C[C@@H]1n1cnnn1. The van der Waals surface area contributed by atoms with Crippen LogP contribution in [-0.4, -0.2) is 83.5 Å². The number of ether oxygens (including phenoxy) is 1. The molecule has 0 unspecified atom stereocenters. The number of hydrogen-bond donors (Lipinski definition) is 5. The molecular weight excluding hydrogens is 350 g/mol. The first-order chi connectivity index (χ1) is 12.3. The summed E-state index contributed by atoms with van der Waals surface area (Å²) in [5.74, 6) is -2.71. The lowest BCUT2D eigenvalue weighted by molar-refractivity contribution is -0.147. The molecule has 144 valence electrons. The predicted octanol–water partition coefficient (Wildman–Crippen LogP) is -2.56. The van der Waals surface area contributed by atoms with Gasteiger partial charge < -0.3 is 30.5 Å². The zero-order valence-corrected chi connectivity index (χ0v) is 14.1. The number of amides is 1. The van der Waals surface area contributed by atoms with E-state index in [9.17, 15) is 24.9 Å². The van der Waals surface area contributed by atoms with E-state index in [1.54, 1.807) is 13.8 Å². The number of hydrogen-bond acceptors (Lipinski definition) is 9. The van der Waals surface area contributed by atoms with Crippen molar-refractivity contribution in [2.24, 2.45) is 5.92 Å². The lowest BCUT2D eigenvalue weighted by Crippen LogP contribution is -2.59. The number of aliphatic hydroxyl groups is 3. The van der Waals surface area contributed by atoms with Gasteiger partial charge in [0.2, 0.25) is 11.7 Å². The molecule has 0 spiro atoms. The summed E-state index contributed by atoms with van der Waals surface area (Å²) in [6, 6.07) is -1.91. The minimum atomic E-state index is -1.68. The fraction of sp³-hybridized carbons (Fsp3) is 0.643. The first-order valence-electron chi connectivity index (χ1n) is 7.87. The number of carboxylic acids is 1. The molecule has 5 atom stereocenters. The van der Waals surface area contributed by atoms with E-state index in [0.717, 1.165) is 0 Å². The Bertz CT molecular complexity index is 663. The highest BCUT2D eigenvalue weighted by Gasteiger charge is 2.45. The van der Waals surface area contributed by atoms with Crippen molar-refractivity contribution < 1.29 is 34.8 Å². The van der Waals surface area contributed by atoms with Crippen molar-refractivity contribution in [1.29, 1.82) is 0 Å². The molecule has 0 fully saturated rings. The Hall–Kier alpha value is -2.57. The molecule has 1 amide bonds. The topological polar surface area (TPSA) is 180 Å². The van der Waals surface area contributed by atoms with Crippen molar-refractivity contribution in [1.82, 2.24) is 25.5 Å². The maximum Gasteiger partial charge on any atom is 0.370 e. The molecule has 5 N–H and O–H groups in total. The van der Waals surface area contributed by atoms with E-state index >= 15 is 0 Å². The third-order valence-corrected chi connectivity index (χ3v) is 3.94. The number of tetrazole rings is 1. The normalized spacial score (nSPS) is 25.2. The van der Waals surface area contributed by atoms with Crippen LogP contribution in [0.15, 0.2) is 18.2 Å². The van der Waals surface area contributed by atoms with Gasteiger partial charge in [0.05, 0.1) is 12.6 Å². The Morgan fingerprint density at radius 3 is 2.58 bits per heavy atom. The number of carbonyl (C=O) groups excluding carboxylic acids is 1. The molecule has 12 nitrogen and oxygen atoms in total. The summed E-state index contributed by atoms with van der Waals surface area (Å²) in [6.45, 7) is 2.52. The Morgan fingerprint density at radius 2 is 2.08 bits per heavy atom. The summed E-state index contributed by atoms with van der Waals surface area (Å²) in [4.78, 5) is 23.6. The summed E-state index contributed by atoms with van der Waals surface area (Å²) in [7, 11) is 0. The van der Waals surface area contributed by atoms with Gasteiger partial charge in [-0.25, -0.2) is 9.48 Å². The predicted molar refractivity (Wildman–Crippen MR) is 83.3 cm³/mol. The third kappa shape index (κ3) is 4.15. The summed E-state index contributed by atoms with van der Waals surface area (Å²) < 4.78 is 6.49. The van der Waals surface area contributed by atoms with Gasteiger partial charge in [-0.2, -0.15) is 0 Å². The van der Waals surface area contributed by atoms with E-state index in [4.69, 9.17) is 9.84 Å². The van der Waals surface area contributed by atoms with Crippen LogP contribution in [0.4, 0.5) is 0 Å². The first kappa shape index (κ1) is 19.8. The summed E-state index contributed by atoms with van der Waals surface area (Å²) in [5, 5.41) is 51.8. The number of carboxylic acid groups (broad SMARTS) is 1. The molecular formula is C14H21N5O7. The third-order valence-electron chi connectivity index (χ3n) is 3.94. The number of aliphatic carboxylic acids is 1. The van der Waals surface area contributed by atoms with Gasteiger partial charge in [-0.3, -0.25) is 4.79 Å². The van der Waals surface area contributed by atoms with Gasteiger partial charge in [0.1, 0.15) is 30.7 Å². The van der Waals surface area contributed by atoms with E-state index in [2.05, 4.69) is 20.8 Å². The number of aliphatic hydroxyl groups excluding tert-OH is 3. The molecule has 0 radical (unpaired) electrons. The molecule has 1 aliphatic rings. The minimum Gasteiger partial charge on any atom is -0.478 e.